The minimum atomic E-state index is -0.236. The molecule has 0 saturated carbocycles. The molecule has 2 aromatic heterocycles. The molecule has 0 amide bonds. The van der Waals surface area contributed by atoms with Crippen LogP contribution in [0, 0.1) is 0 Å². The average Bonchev–Trinajstić information content (AvgIpc) is 3.10. The zero-order valence-corrected chi connectivity index (χ0v) is 15.4. The second-order valence-electron chi connectivity index (χ2n) is 6.47. The third-order valence-electron chi connectivity index (χ3n) is 4.72. The molecule has 0 spiro atoms. The van der Waals surface area contributed by atoms with E-state index in [4.69, 9.17) is 4.74 Å². The molecule has 140 valence electrons. The van der Waals surface area contributed by atoms with Gasteiger partial charge in [-0.05, 0) is 42.8 Å². The fraction of sp³-hybridized carbons (Fsp3) is 0.0909. The Bertz CT molecular complexity index is 1210. The summed E-state index contributed by atoms with van der Waals surface area (Å²) < 4.78 is 5.43. The molecule has 6 heteroatoms. The first kappa shape index (κ1) is 17.6. The summed E-state index contributed by atoms with van der Waals surface area (Å²) in [5.74, 6) is 0.252. The van der Waals surface area contributed by atoms with Crippen LogP contribution in [0.3, 0.4) is 0 Å². The molecular weight excluding hydrogens is 356 g/mol. The Morgan fingerprint density at radius 3 is 2.64 bits per heavy atom. The number of carbonyl (C=O) groups is 1. The van der Waals surface area contributed by atoms with Crippen LogP contribution in [0.4, 0.5) is 0 Å². The van der Waals surface area contributed by atoms with Crippen molar-refractivity contribution < 1.29 is 19.7 Å². The summed E-state index contributed by atoms with van der Waals surface area (Å²) in [5.41, 5.74) is 3.58. The lowest BCUT2D eigenvalue weighted by Gasteiger charge is -2.13. The lowest BCUT2D eigenvalue weighted by molar-refractivity contribution is 0.101. The number of ether oxygens (including phenoxy) is 1. The molecule has 0 saturated heterocycles. The third kappa shape index (κ3) is 2.85. The first-order valence-corrected chi connectivity index (χ1v) is 8.67. The number of nitrogens with one attached hydrogen (secondary N) is 1. The monoisotopic (exact) mass is 374 g/mol. The van der Waals surface area contributed by atoms with Gasteiger partial charge in [-0.1, -0.05) is 12.1 Å². The number of phenolic OH excluding ortho intramolecular Hbond substituents is 2. The average molecular weight is 374 g/mol. The van der Waals surface area contributed by atoms with Gasteiger partial charge in [-0.2, -0.15) is 0 Å². The fourth-order valence-corrected chi connectivity index (χ4v) is 3.34. The molecule has 0 unspecified atom stereocenters. The van der Waals surface area contributed by atoms with E-state index in [1.54, 1.807) is 42.7 Å². The van der Waals surface area contributed by atoms with Crippen LogP contribution < -0.4 is 4.74 Å². The van der Waals surface area contributed by atoms with Crippen molar-refractivity contribution in [3.8, 4) is 39.5 Å². The highest BCUT2D eigenvalue weighted by Crippen LogP contribution is 2.43. The van der Waals surface area contributed by atoms with Crippen LogP contribution in [0.5, 0.6) is 17.2 Å². The molecule has 0 bridgehead atoms. The number of benzene rings is 2. The zero-order valence-electron chi connectivity index (χ0n) is 15.4. The molecule has 28 heavy (non-hydrogen) atoms. The van der Waals surface area contributed by atoms with Crippen molar-refractivity contribution in [1.82, 2.24) is 9.97 Å². The van der Waals surface area contributed by atoms with E-state index in [2.05, 4.69) is 9.97 Å². The maximum Gasteiger partial charge on any atom is 0.163 e. The number of ketones is 1. The predicted molar refractivity (Wildman–Crippen MR) is 107 cm³/mol. The minimum Gasteiger partial charge on any atom is -0.508 e. The molecule has 0 atom stereocenters. The second kappa shape index (κ2) is 6.74. The highest BCUT2D eigenvalue weighted by Gasteiger charge is 2.21. The Labute approximate surface area is 161 Å². The number of aromatic nitrogens is 2. The highest BCUT2D eigenvalue weighted by molar-refractivity contribution is 6.04. The Kier molecular flexibility index (Phi) is 4.24. The van der Waals surface area contributed by atoms with E-state index in [1.807, 2.05) is 12.1 Å². The summed E-state index contributed by atoms with van der Waals surface area (Å²) in [6, 6.07) is 12.0. The van der Waals surface area contributed by atoms with Crippen LogP contribution in [-0.2, 0) is 0 Å². The van der Waals surface area contributed by atoms with Crippen molar-refractivity contribution in [3.05, 3.63) is 60.4 Å². The molecule has 0 radical (unpaired) electrons. The maximum absolute atomic E-state index is 11.9. The molecule has 0 aliphatic carbocycles. The Morgan fingerprint density at radius 1 is 1.11 bits per heavy atom. The van der Waals surface area contributed by atoms with Gasteiger partial charge < -0.3 is 19.9 Å². The van der Waals surface area contributed by atoms with Crippen LogP contribution in [-0.4, -0.2) is 33.1 Å². The van der Waals surface area contributed by atoms with Gasteiger partial charge in [0.1, 0.15) is 22.9 Å². The summed E-state index contributed by atoms with van der Waals surface area (Å²) >= 11 is 0. The number of nitrogens with zero attached hydrogens (tertiary/aromatic N) is 1. The van der Waals surface area contributed by atoms with Gasteiger partial charge in [0.15, 0.2) is 5.78 Å². The van der Waals surface area contributed by atoms with Gasteiger partial charge in [0.2, 0.25) is 0 Å². The number of pyridine rings is 1. The topological polar surface area (TPSA) is 95.4 Å². The Balaban J connectivity index is 1.97. The van der Waals surface area contributed by atoms with Gasteiger partial charge >= 0.3 is 0 Å². The van der Waals surface area contributed by atoms with E-state index >= 15 is 0 Å². The minimum absolute atomic E-state index is 0.129. The van der Waals surface area contributed by atoms with Crippen molar-refractivity contribution in [2.75, 3.05) is 7.11 Å². The molecule has 3 N–H and O–H groups in total. The fourth-order valence-electron chi connectivity index (χ4n) is 3.34. The van der Waals surface area contributed by atoms with Crippen LogP contribution in [0.15, 0.2) is 54.9 Å². The van der Waals surface area contributed by atoms with Crippen molar-refractivity contribution in [1.29, 1.82) is 0 Å². The zero-order chi connectivity index (χ0) is 19.8. The van der Waals surface area contributed by atoms with Crippen LogP contribution in [0.25, 0.3) is 33.3 Å². The lowest BCUT2D eigenvalue weighted by Crippen LogP contribution is -1.97. The summed E-state index contributed by atoms with van der Waals surface area (Å²) in [7, 11) is 1.51. The van der Waals surface area contributed by atoms with E-state index in [0.29, 0.717) is 22.5 Å². The first-order chi connectivity index (χ1) is 13.5. The molecule has 4 aromatic rings. The number of fused-ring (bicyclic) bond motifs is 1. The summed E-state index contributed by atoms with van der Waals surface area (Å²) in [4.78, 5) is 19.4. The van der Waals surface area contributed by atoms with Gasteiger partial charge in [0, 0.05) is 28.9 Å². The quantitative estimate of drug-likeness (QED) is 0.457. The van der Waals surface area contributed by atoms with Gasteiger partial charge in [-0.3, -0.25) is 4.79 Å². The summed E-state index contributed by atoms with van der Waals surface area (Å²) in [6.07, 6.45) is 3.44. The summed E-state index contributed by atoms with van der Waals surface area (Å²) in [6.45, 7) is 1.40. The molecule has 0 aliphatic rings. The van der Waals surface area contributed by atoms with Crippen molar-refractivity contribution in [3.63, 3.8) is 0 Å². The van der Waals surface area contributed by atoms with Crippen LogP contribution in [0.2, 0.25) is 0 Å². The molecular formula is C22H18N2O4. The Morgan fingerprint density at radius 2 is 1.93 bits per heavy atom. The number of aromatic hydroxyl groups is 2. The lowest BCUT2D eigenvalue weighted by atomic mass is 9.97. The molecule has 0 aliphatic heterocycles. The summed E-state index contributed by atoms with van der Waals surface area (Å²) in [5, 5.41) is 21.3. The highest BCUT2D eigenvalue weighted by atomic mass is 16.5. The molecule has 0 fully saturated rings. The normalized spacial score (nSPS) is 10.9. The molecule has 6 nitrogen and oxygen atoms in total. The SMILES string of the molecule is COc1ccc(C(C)=O)c(O)c1-c1c[nH]c2ncc(-c3cccc(O)c3)cc12. The van der Waals surface area contributed by atoms with Crippen molar-refractivity contribution >= 4 is 16.8 Å². The Hall–Kier alpha value is -3.80. The van der Waals surface area contributed by atoms with E-state index in [1.165, 1.54) is 14.0 Å². The number of hydrogen-bond acceptors (Lipinski definition) is 5. The predicted octanol–water partition coefficient (Wildman–Crippen LogP) is 4.52. The van der Waals surface area contributed by atoms with Gasteiger partial charge in [-0.25, -0.2) is 4.98 Å². The van der Waals surface area contributed by atoms with Gasteiger partial charge in [-0.15, -0.1) is 0 Å². The molecule has 4 rings (SSSR count). The number of hydrogen-bond donors (Lipinski definition) is 3. The second-order valence-corrected chi connectivity index (χ2v) is 6.47. The molecule has 2 heterocycles. The van der Waals surface area contributed by atoms with Crippen LogP contribution >= 0.6 is 0 Å². The number of H-pyrrole nitrogens is 1. The number of Topliss-reactive ketones (excluding diaryl/α,β-unsaturated/α-hetero) is 1. The number of aromatic amines is 1. The van der Waals surface area contributed by atoms with Gasteiger partial charge in [0.25, 0.3) is 0 Å². The van der Waals surface area contributed by atoms with E-state index in [9.17, 15) is 15.0 Å². The van der Waals surface area contributed by atoms with Crippen LogP contribution in [0.1, 0.15) is 17.3 Å². The maximum atomic E-state index is 11.9. The molecule has 2 aromatic carbocycles. The number of carbonyl (C=O) groups excluding carboxylic acids is 1. The first-order valence-electron chi connectivity index (χ1n) is 8.67. The standard InChI is InChI=1S/C22H18N2O4/c1-12(25)16-6-7-19(28-2)20(21(16)27)18-11-24-22-17(18)9-14(10-23-22)13-4-3-5-15(26)8-13/h3-11,26-27H,1-2H3,(H,23,24). The smallest absolute Gasteiger partial charge is 0.163 e. The van der Waals surface area contributed by atoms with E-state index in [0.717, 1.165) is 16.5 Å². The third-order valence-corrected chi connectivity index (χ3v) is 4.72. The number of phenols is 2. The van der Waals surface area contributed by atoms with Gasteiger partial charge in [0.05, 0.1) is 18.2 Å². The van der Waals surface area contributed by atoms with Crippen molar-refractivity contribution in [2.24, 2.45) is 0 Å². The number of rotatable bonds is 4. The largest absolute Gasteiger partial charge is 0.508 e. The van der Waals surface area contributed by atoms with E-state index < -0.39 is 0 Å². The van der Waals surface area contributed by atoms with Crippen molar-refractivity contribution in [2.45, 2.75) is 6.92 Å². The number of methoxy groups -OCH3 is 1. The van der Waals surface area contributed by atoms with E-state index in [-0.39, 0.29) is 22.8 Å².